The lowest BCUT2D eigenvalue weighted by atomic mass is 10.1. The Morgan fingerprint density at radius 1 is 0.862 bits per heavy atom. The van der Waals surface area contributed by atoms with Gasteiger partial charge in [-0.05, 0) is 48.9 Å². The second kappa shape index (κ2) is 9.55. The van der Waals surface area contributed by atoms with Gasteiger partial charge in [-0.25, -0.2) is 0 Å². The Labute approximate surface area is 171 Å². The molecule has 3 aromatic carbocycles. The van der Waals surface area contributed by atoms with Crippen molar-refractivity contribution in [3.8, 4) is 0 Å². The highest BCUT2D eigenvalue weighted by molar-refractivity contribution is 6.05. The van der Waals surface area contributed by atoms with Gasteiger partial charge in [0, 0.05) is 24.0 Å². The van der Waals surface area contributed by atoms with Gasteiger partial charge in [-0.2, -0.15) is 0 Å². The van der Waals surface area contributed by atoms with Gasteiger partial charge in [-0.1, -0.05) is 48.5 Å². The van der Waals surface area contributed by atoms with Crippen LogP contribution in [0.15, 0.2) is 84.9 Å². The number of para-hydroxylation sites is 1. The Morgan fingerprint density at radius 2 is 1.45 bits per heavy atom. The van der Waals surface area contributed by atoms with E-state index in [-0.39, 0.29) is 24.4 Å². The molecule has 0 radical (unpaired) electrons. The van der Waals surface area contributed by atoms with Crippen LogP contribution in [-0.4, -0.2) is 25.4 Å². The molecular formula is C24H25N3O2. The summed E-state index contributed by atoms with van der Waals surface area (Å²) in [4.78, 5) is 26.4. The number of amides is 2. The summed E-state index contributed by atoms with van der Waals surface area (Å²) < 4.78 is 0. The number of hydrogen-bond donors (Lipinski definition) is 2. The summed E-state index contributed by atoms with van der Waals surface area (Å²) in [6.45, 7) is 2.12. The molecule has 5 nitrogen and oxygen atoms in total. The van der Waals surface area contributed by atoms with Crippen LogP contribution in [0.25, 0.3) is 0 Å². The van der Waals surface area contributed by atoms with Crippen LogP contribution in [0, 0.1) is 0 Å². The molecule has 2 N–H and O–H groups in total. The summed E-state index contributed by atoms with van der Waals surface area (Å²) in [5.74, 6) is -0.178. The molecule has 0 fully saturated rings. The molecule has 0 saturated carbocycles. The van der Waals surface area contributed by atoms with Crippen LogP contribution in [0.2, 0.25) is 0 Å². The molecule has 1 atom stereocenters. The summed E-state index contributed by atoms with van der Waals surface area (Å²) in [5, 5.41) is 6.06. The summed E-state index contributed by atoms with van der Waals surface area (Å²) in [6, 6.07) is 26.4. The molecule has 0 spiro atoms. The van der Waals surface area contributed by atoms with Crippen LogP contribution in [-0.2, 0) is 4.79 Å². The van der Waals surface area contributed by atoms with Crippen LogP contribution in [0.3, 0.4) is 0 Å². The van der Waals surface area contributed by atoms with E-state index in [9.17, 15) is 9.59 Å². The smallest absolute Gasteiger partial charge is 0.258 e. The molecule has 3 rings (SSSR count). The summed E-state index contributed by atoms with van der Waals surface area (Å²) in [6.07, 6.45) is 0. The molecule has 0 aliphatic carbocycles. The third-order valence-corrected chi connectivity index (χ3v) is 4.71. The van der Waals surface area contributed by atoms with Gasteiger partial charge >= 0.3 is 0 Å². The second-order valence-electron chi connectivity index (χ2n) is 6.83. The molecule has 0 heterocycles. The Hall–Kier alpha value is -3.60. The lowest BCUT2D eigenvalue weighted by Crippen LogP contribution is -2.32. The molecule has 0 bridgehead atoms. The van der Waals surface area contributed by atoms with Crippen molar-refractivity contribution in [2.24, 2.45) is 0 Å². The van der Waals surface area contributed by atoms with E-state index in [4.69, 9.17) is 0 Å². The third kappa shape index (κ3) is 5.45. The van der Waals surface area contributed by atoms with Crippen molar-refractivity contribution in [2.75, 3.05) is 23.8 Å². The molecule has 0 aliphatic rings. The Balaban J connectivity index is 1.52. The average Bonchev–Trinajstić information content (AvgIpc) is 2.78. The van der Waals surface area contributed by atoms with Crippen LogP contribution in [0.4, 0.5) is 11.4 Å². The zero-order valence-electron chi connectivity index (χ0n) is 16.6. The molecule has 148 valence electrons. The van der Waals surface area contributed by atoms with E-state index < -0.39 is 0 Å². The first-order chi connectivity index (χ1) is 14.0. The minimum atomic E-state index is -0.0923. The zero-order valence-corrected chi connectivity index (χ0v) is 16.6. The van der Waals surface area contributed by atoms with Crippen molar-refractivity contribution in [1.82, 2.24) is 5.32 Å². The van der Waals surface area contributed by atoms with Gasteiger partial charge in [0.2, 0.25) is 5.91 Å². The predicted molar refractivity (Wildman–Crippen MR) is 117 cm³/mol. The van der Waals surface area contributed by atoms with Gasteiger partial charge < -0.3 is 15.5 Å². The van der Waals surface area contributed by atoms with Crippen molar-refractivity contribution in [2.45, 2.75) is 13.0 Å². The van der Waals surface area contributed by atoms with E-state index in [1.807, 2.05) is 67.6 Å². The number of nitrogens with zero attached hydrogens (tertiary/aromatic N) is 1. The van der Waals surface area contributed by atoms with Gasteiger partial charge in [0.05, 0.1) is 12.6 Å². The normalized spacial score (nSPS) is 11.4. The highest BCUT2D eigenvalue weighted by Crippen LogP contribution is 2.17. The molecule has 2 amide bonds. The third-order valence-electron chi connectivity index (χ3n) is 4.71. The Kier molecular flexibility index (Phi) is 6.63. The minimum Gasteiger partial charge on any atom is -0.376 e. The summed E-state index contributed by atoms with van der Waals surface area (Å²) in [7, 11) is 1.75. The van der Waals surface area contributed by atoms with E-state index in [0.29, 0.717) is 5.56 Å². The van der Waals surface area contributed by atoms with E-state index in [2.05, 4.69) is 10.6 Å². The van der Waals surface area contributed by atoms with Gasteiger partial charge in [0.25, 0.3) is 5.91 Å². The maximum atomic E-state index is 12.6. The van der Waals surface area contributed by atoms with Gasteiger partial charge in [-0.15, -0.1) is 0 Å². The van der Waals surface area contributed by atoms with Crippen LogP contribution >= 0.6 is 0 Å². The molecular weight excluding hydrogens is 362 g/mol. The van der Waals surface area contributed by atoms with Crippen molar-refractivity contribution < 1.29 is 9.59 Å². The van der Waals surface area contributed by atoms with E-state index in [0.717, 1.165) is 16.9 Å². The second-order valence-corrected chi connectivity index (χ2v) is 6.83. The first-order valence-electron chi connectivity index (χ1n) is 9.56. The van der Waals surface area contributed by atoms with E-state index >= 15 is 0 Å². The van der Waals surface area contributed by atoms with Crippen molar-refractivity contribution in [3.63, 3.8) is 0 Å². The molecule has 0 saturated heterocycles. The fourth-order valence-corrected chi connectivity index (χ4v) is 2.99. The zero-order chi connectivity index (χ0) is 20.6. The highest BCUT2D eigenvalue weighted by Gasteiger charge is 2.13. The molecule has 0 aromatic heterocycles. The number of rotatable bonds is 7. The largest absolute Gasteiger partial charge is 0.376 e. The van der Waals surface area contributed by atoms with Gasteiger partial charge in [0.15, 0.2) is 0 Å². The van der Waals surface area contributed by atoms with Gasteiger partial charge in [-0.3, -0.25) is 9.59 Å². The molecule has 5 heteroatoms. The minimum absolute atomic E-state index is 0.0565. The maximum Gasteiger partial charge on any atom is 0.258 e. The number of hydrogen-bond acceptors (Lipinski definition) is 3. The fraction of sp³-hybridized carbons (Fsp3) is 0.167. The van der Waals surface area contributed by atoms with Crippen LogP contribution in [0.1, 0.15) is 28.9 Å². The number of nitrogens with one attached hydrogen (secondary N) is 2. The number of anilines is 2. The molecule has 3 aromatic rings. The monoisotopic (exact) mass is 387 g/mol. The van der Waals surface area contributed by atoms with Gasteiger partial charge in [0.1, 0.15) is 0 Å². The van der Waals surface area contributed by atoms with Crippen molar-refractivity contribution in [1.29, 1.82) is 0 Å². The molecule has 0 aliphatic heterocycles. The number of benzene rings is 3. The fourth-order valence-electron chi connectivity index (χ4n) is 2.99. The van der Waals surface area contributed by atoms with E-state index in [1.54, 1.807) is 36.2 Å². The summed E-state index contributed by atoms with van der Waals surface area (Å²) >= 11 is 0. The van der Waals surface area contributed by atoms with Crippen LogP contribution in [0.5, 0.6) is 0 Å². The first kappa shape index (κ1) is 20.1. The number of carbonyl (C=O) groups excluding carboxylic acids is 2. The Bertz CT molecular complexity index is 941. The average molecular weight is 387 g/mol. The lowest BCUT2D eigenvalue weighted by molar-refractivity contribution is -0.120. The van der Waals surface area contributed by atoms with Crippen molar-refractivity contribution >= 4 is 23.2 Å². The quantitative estimate of drug-likeness (QED) is 0.637. The lowest BCUT2D eigenvalue weighted by Gasteiger charge is -2.17. The van der Waals surface area contributed by atoms with Crippen molar-refractivity contribution in [3.05, 3.63) is 96.1 Å². The molecule has 29 heavy (non-hydrogen) atoms. The first-order valence-corrected chi connectivity index (χ1v) is 9.56. The van der Waals surface area contributed by atoms with E-state index in [1.165, 1.54) is 0 Å². The summed E-state index contributed by atoms with van der Waals surface area (Å²) in [5.41, 5.74) is 3.27. The Morgan fingerprint density at radius 3 is 2.07 bits per heavy atom. The molecule has 1 unspecified atom stereocenters. The standard InChI is InChI=1S/C24H25N3O2/c1-18(19-9-5-3-6-10-19)26-23(28)17-25-21-15-13-20(14-16-21)24(29)27(2)22-11-7-4-8-12-22/h3-16,18,25H,17H2,1-2H3,(H,26,28). The maximum absolute atomic E-state index is 12.6. The SMILES string of the molecule is CC(NC(=O)CNc1ccc(C(=O)N(C)c2ccccc2)cc1)c1ccccc1. The number of carbonyl (C=O) groups is 2. The topological polar surface area (TPSA) is 61.4 Å². The highest BCUT2D eigenvalue weighted by atomic mass is 16.2. The predicted octanol–water partition coefficient (Wildman–Crippen LogP) is 4.25. The van der Waals surface area contributed by atoms with Crippen LogP contribution < -0.4 is 15.5 Å².